The molecule has 0 aliphatic rings. The van der Waals surface area contributed by atoms with Crippen LogP contribution >= 0.6 is 0 Å². The molecular formula is C13H11F3N2O. The third-order valence-electron chi connectivity index (χ3n) is 2.52. The fraction of sp³-hybridized carbons (Fsp3) is 0.0769. The SMILES string of the molecule is COc1cc(F)c(Nc2ccc(N)c(F)c2)cc1F. The Morgan fingerprint density at radius 2 is 1.74 bits per heavy atom. The first-order valence-electron chi connectivity index (χ1n) is 5.36. The smallest absolute Gasteiger partial charge is 0.167 e. The summed E-state index contributed by atoms with van der Waals surface area (Å²) in [6.45, 7) is 0. The zero-order valence-corrected chi connectivity index (χ0v) is 10.0. The normalized spacial score (nSPS) is 10.3. The van der Waals surface area contributed by atoms with E-state index in [4.69, 9.17) is 5.73 Å². The minimum atomic E-state index is -0.720. The molecule has 2 aromatic rings. The molecule has 0 radical (unpaired) electrons. The highest BCUT2D eigenvalue weighted by molar-refractivity contribution is 5.63. The molecule has 2 rings (SSSR count). The van der Waals surface area contributed by atoms with Crippen molar-refractivity contribution in [3.8, 4) is 5.75 Å². The maximum atomic E-state index is 13.7. The third kappa shape index (κ3) is 2.73. The lowest BCUT2D eigenvalue weighted by Crippen LogP contribution is -1.99. The number of methoxy groups -OCH3 is 1. The maximum Gasteiger partial charge on any atom is 0.167 e. The summed E-state index contributed by atoms with van der Waals surface area (Å²) < 4.78 is 45.0. The van der Waals surface area contributed by atoms with Gasteiger partial charge >= 0.3 is 0 Å². The van der Waals surface area contributed by atoms with Gasteiger partial charge in [-0.2, -0.15) is 0 Å². The number of benzene rings is 2. The number of hydrogen-bond donors (Lipinski definition) is 2. The summed E-state index contributed by atoms with van der Waals surface area (Å²) in [7, 11) is 1.24. The van der Waals surface area contributed by atoms with E-state index in [1.807, 2.05) is 0 Å². The van der Waals surface area contributed by atoms with Gasteiger partial charge in [-0.05, 0) is 18.2 Å². The first-order valence-corrected chi connectivity index (χ1v) is 5.36. The third-order valence-corrected chi connectivity index (χ3v) is 2.52. The molecule has 0 bridgehead atoms. The molecule has 100 valence electrons. The number of rotatable bonds is 3. The lowest BCUT2D eigenvalue weighted by Gasteiger charge is -2.10. The Hall–Kier alpha value is -2.37. The van der Waals surface area contributed by atoms with Gasteiger partial charge in [0.2, 0.25) is 0 Å². The van der Waals surface area contributed by atoms with Crippen molar-refractivity contribution in [1.29, 1.82) is 0 Å². The Labute approximate surface area is 107 Å². The van der Waals surface area contributed by atoms with Gasteiger partial charge in [0, 0.05) is 17.8 Å². The van der Waals surface area contributed by atoms with Gasteiger partial charge in [-0.15, -0.1) is 0 Å². The molecule has 0 heterocycles. The van der Waals surface area contributed by atoms with Crippen molar-refractivity contribution in [3.63, 3.8) is 0 Å². The molecule has 19 heavy (non-hydrogen) atoms. The summed E-state index contributed by atoms with van der Waals surface area (Å²) in [5.74, 6) is -2.27. The molecule has 0 saturated carbocycles. The number of nitrogens with one attached hydrogen (secondary N) is 1. The van der Waals surface area contributed by atoms with E-state index in [2.05, 4.69) is 10.1 Å². The Bertz CT molecular complexity index is 617. The summed E-state index contributed by atoms with van der Waals surface area (Å²) in [4.78, 5) is 0. The Morgan fingerprint density at radius 1 is 1.00 bits per heavy atom. The van der Waals surface area contributed by atoms with Crippen LogP contribution in [0.15, 0.2) is 30.3 Å². The Kier molecular flexibility index (Phi) is 3.50. The number of nitrogen functional groups attached to an aromatic ring is 1. The fourth-order valence-electron chi connectivity index (χ4n) is 1.54. The molecule has 0 unspecified atom stereocenters. The van der Waals surface area contributed by atoms with Gasteiger partial charge in [0.15, 0.2) is 17.4 Å². The summed E-state index contributed by atoms with van der Waals surface area (Å²) in [5.41, 5.74) is 5.44. The Morgan fingerprint density at radius 3 is 2.37 bits per heavy atom. The summed E-state index contributed by atoms with van der Waals surface area (Å²) in [6.07, 6.45) is 0. The number of ether oxygens (including phenoxy) is 1. The molecular weight excluding hydrogens is 257 g/mol. The lowest BCUT2D eigenvalue weighted by molar-refractivity contribution is 0.383. The van der Waals surface area contributed by atoms with Crippen molar-refractivity contribution in [2.45, 2.75) is 0 Å². The predicted octanol–water partition coefficient (Wildman–Crippen LogP) is 3.44. The van der Waals surface area contributed by atoms with Gasteiger partial charge < -0.3 is 15.8 Å². The van der Waals surface area contributed by atoms with Crippen LogP contribution in [0.5, 0.6) is 5.75 Å². The van der Waals surface area contributed by atoms with Gasteiger partial charge in [-0.1, -0.05) is 0 Å². The van der Waals surface area contributed by atoms with Gasteiger partial charge in [-0.25, -0.2) is 13.2 Å². The molecule has 0 fully saturated rings. The van der Waals surface area contributed by atoms with Gasteiger partial charge in [0.1, 0.15) is 5.82 Å². The number of nitrogens with two attached hydrogens (primary N) is 1. The zero-order valence-electron chi connectivity index (χ0n) is 10.0. The van der Waals surface area contributed by atoms with Crippen LogP contribution in [-0.2, 0) is 0 Å². The van der Waals surface area contributed by atoms with Crippen LogP contribution < -0.4 is 15.8 Å². The van der Waals surface area contributed by atoms with E-state index in [1.54, 1.807) is 0 Å². The largest absolute Gasteiger partial charge is 0.494 e. The van der Waals surface area contributed by atoms with Crippen molar-refractivity contribution >= 4 is 17.1 Å². The van der Waals surface area contributed by atoms with Crippen molar-refractivity contribution in [2.24, 2.45) is 0 Å². The quantitative estimate of drug-likeness (QED) is 0.838. The Balaban J connectivity index is 2.32. The van der Waals surface area contributed by atoms with E-state index in [9.17, 15) is 13.2 Å². The molecule has 0 aliphatic heterocycles. The number of halogens is 3. The van der Waals surface area contributed by atoms with Crippen molar-refractivity contribution < 1.29 is 17.9 Å². The minimum Gasteiger partial charge on any atom is -0.494 e. The second kappa shape index (κ2) is 5.09. The molecule has 2 aromatic carbocycles. The highest BCUT2D eigenvalue weighted by Crippen LogP contribution is 2.27. The molecule has 3 nitrogen and oxygen atoms in total. The highest BCUT2D eigenvalue weighted by Gasteiger charge is 2.11. The summed E-state index contributed by atoms with van der Waals surface area (Å²) in [5, 5.41) is 2.57. The topological polar surface area (TPSA) is 47.3 Å². The second-order valence-corrected chi connectivity index (χ2v) is 3.83. The van der Waals surface area contributed by atoms with Crippen LogP contribution in [0.4, 0.5) is 30.2 Å². The molecule has 0 aromatic heterocycles. The molecule has 6 heteroatoms. The number of anilines is 3. The fourth-order valence-corrected chi connectivity index (χ4v) is 1.54. The van der Waals surface area contributed by atoms with E-state index in [0.29, 0.717) is 0 Å². The summed E-state index contributed by atoms with van der Waals surface area (Å²) in [6, 6.07) is 5.72. The lowest BCUT2D eigenvalue weighted by atomic mass is 10.2. The van der Waals surface area contributed by atoms with E-state index in [1.165, 1.54) is 19.2 Å². The maximum absolute atomic E-state index is 13.7. The molecule has 0 aliphatic carbocycles. The molecule has 3 N–H and O–H groups in total. The van der Waals surface area contributed by atoms with E-state index < -0.39 is 17.5 Å². The molecule has 0 saturated heterocycles. The predicted molar refractivity (Wildman–Crippen MR) is 67.0 cm³/mol. The van der Waals surface area contributed by atoms with Gasteiger partial charge in [0.05, 0.1) is 18.5 Å². The van der Waals surface area contributed by atoms with Crippen LogP contribution in [0.1, 0.15) is 0 Å². The zero-order chi connectivity index (χ0) is 14.0. The molecule has 0 spiro atoms. The van der Waals surface area contributed by atoms with E-state index in [0.717, 1.165) is 18.2 Å². The standard InChI is InChI=1S/C13H11F3N2O/c1-19-13-6-9(15)12(5-10(13)16)18-7-2-3-11(17)8(14)4-7/h2-6,18H,17H2,1H3. The van der Waals surface area contributed by atoms with Crippen molar-refractivity contribution in [1.82, 2.24) is 0 Å². The average molecular weight is 268 g/mol. The van der Waals surface area contributed by atoms with Gasteiger partial charge in [-0.3, -0.25) is 0 Å². The number of hydrogen-bond acceptors (Lipinski definition) is 3. The van der Waals surface area contributed by atoms with E-state index >= 15 is 0 Å². The first kappa shape index (κ1) is 13.1. The monoisotopic (exact) mass is 268 g/mol. The van der Waals surface area contributed by atoms with Crippen LogP contribution in [0, 0.1) is 17.5 Å². The van der Waals surface area contributed by atoms with E-state index in [-0.39, 0.29) is 22.8 Å². The molecule has 0 amide bonds. The molecule has 0 atom stereocenters. The first-order chi connectivity index (χ1) is 9.01. The summed E-state index contributed by atoms with van der Waals surface area (Å²) >= 11 is 0. The van der Waals surface area contributed by atoms with Crippen LogP contribution in [-0.4, -0.2) is 7.11 Å². The average Bonchev–Trinajstić information content (AvgIpc) is 2.38. The second-order valence-electron chi connectivity index (χ2n) is 3.83. The van der Waals surface area contributed by atoms with Crippen LogP contribution in [0.25, 0.3) is 0 Å². The van der Waals surface area contributed by atoms with Gasteiger partial charge in [0.25, 0.3) is 0 Å². The van der Waals surface area contributed by atoms with Crippen LogP contribution in [0.3, 0.4) is 0 Å². The highest BCUT2D eigenvalue weighted by atomic mass is 19.1. The van der Waals surface area contributed by atoms with Crippen LogP contribution in [0.2, 0.25) is 0 Å². The minimum absolute atomic E-state index is 0.0214. The van der Waals surface area contributed by atoms with Crippen molar-refractivity contribution in [2.75, 3.05) is 18.2 Å². The van der Waals surface area contributed by atoms with Crippen molar-refractivity contribution in [3.05, 3.63) is 47.8 Å².